The number of sulfonamides is 1. The minimum absolute atomic E-state index is 0.118. The van der Waals surface area contributed by atoms with Gasteiger partial charge in [-0.15, -0.1) is 11.8 Å². The van der Waals surface area contributed by atoms with Crippen molar-refractivity contribution < 1.29 is 17.9 Å². The van der Waals surface area contributed by atoms with E-state index in [0.717, 1.165) is 13.7 Å². The molecule has 5 nitrogen and oxygen atoms in total. The molecule has 0 spiro atoms. The summed E-state index contributed by atoms with van der Waals surface area (Å²) in [7, 11) is -2.66. The molecule has 2 rings (SSSR count). The zero-order chi connectivity index (χ0) is 17.7. The van der Waals surface area contributed by atoms with Gasteiger partial charge in [-0.05, 0) is 54.8 Å². The normalized spacial score (nSPS) is 11.1. The monoisotopic (exact) mass is 429 g/mol. The largest absolute Gasteiger partial charge is 0.468 e. The van der Waals surface area contributed by atoms with E-state index < -0.39 is 22.5 Å². The summed E-state index contributed by atoms with van der Waals surface area (Å²) in [4.78, 5) is 12.8. The lowest BCUT2D eigenvalue weighted by atomic mass is 10.3. The van der Waals surface area contributed by atoms with Crippen molar-refractivity contribution in [2.45, 2.75) is 9.79 Å². The van der Waals surface area contributed by atoms with Crippen LogP contribution in [-0.4, -0.2) is 34.3 Å². The lowest BCUT2D eigenvalue weighted by Gasteiger charge is -2.23. The molecule has 0 saturated heterocycles. The third kappa shape index (κ3) is 4.31. The van der Waals surface area contributed by atoms with Crippen LogP contribution in [-0.2, 0) is 19.6 Å². The molecule has 0 saturated carbocycles. The van der Waals surface area contributed by atoms with Gasteiger partial charge in [0.1, 0.15) is 6.54 Å². The molecule has 0 radical (unpaired) electrons. The molecular weight excluding hydrogens is 414 g/mol. The number of hydrogen-bond acceptors (Lipinski definition) is 5. The second kappa shape index (κ2) is 8.04. The number of nitrogens with zero attached hydrogens (tertiary/aromatic N) is 1. The predicted molar refractivity (Wildman–Crippen MR) is 98.9 cm³/mol. The molecule has 0 N–H and O–H groups in total. The first-order valence-electron chi connectivity index (χ1n) is 6.87. The van der Waals surface area contributed by atoms with Crippen molar-refractivity contribution >= 4 is 49.4 Å². The molecule has 2 aromatic carbocycles. The van der Waals surface area contributed by atoms with Gasteiger partial charge in [-0.3, -0.25) is 9.10 Å². The fourth-order valence-electron chi connectivity index (χ4n) is 1.98. The predicted octanol–water partition coefficient (Wildman–Crippen LogP) is 3.54. The zero-order valence-corrected chi connectivity index (χ0v) is 16.3. The van der Waals surface area contributed by atoms with Crippen molar-refractivity contribution in [2.75, 3.05) is 24.2 Å². The first-order valence-corrected chi connectivity index (χ1v) is 10.3. The van der Waals surface area contributed by atoms with E-state index in [1.165, 1.54) is 31.0 Å². The Balaban J connectivity index is 2.47. The summed E-state index contributed by atoms with van der Waals surface area (Å²) in [5, 5.41) is 0. The van der Waals surface area contributed by atoms with Crippen molar-refractivity contribution in [3.63, 3.8) is 0 Å². The summed E-state index contributed by atoms with van der Waals surface area (Å²) in [5.41, 5.74) is 0.387. The molecule has 8 heteroatoms. The Morgan fingerprint density at radius 2 is 1.71 bits per heavy atom. The highest BCUT2D eigenvalue weighted by Gasteiger charge is 2.27. The van der Waals surface area contributed by atoms with E-state index in [9.17, 15) is 13.2 Å². The molecule has 0 aliphatic rings. The molecule has 24 heavy (non-hydrogen) atoms. The highest BCUT2D eigenvalue weighted by atomic mass is 79.9. The van der Waals surface area contributed by atoms with Crippen LogP contribution in [0.5, 0.6) is 0 Å². The highest BCUT2D eigenvalue weighted by Crippen LogP contribution is 2.26. The van der Waals surface area contributed by atoms with Gasteiger partial charge in [0, 0.05) is 9.37 Å². The van der Waals surface area contributed by atoms with Crippen molar-refractivity contribution in [3.05, 3.63) is 53.0 Å². The summed E-state index contributed by atoms with van der Waals surface area (Å²) in [6, 6.07) is 13.2. The third-order valence-corrected chi connectivity index (χ3v) is 6.32. The number of halogens is 1. The van der Waals surface area contributed by atoms with E-state index >= 15 is 0 Å². The van der Waals surface area contributed by atoms with Gasteiger partial charge < -0.3 is 4.74 Å². The number of ether oxygens (including phenoxy) is 1. The van der Waals surface area contributed by atoms with Gasteiger partial charge in [0.25, 0.3) is 10.0 Å². The second-order valence-corrected chi connectivity index (χ2v) is 8.40. The van der Waals surface area contributed by atoms with Crippen LogP contribution in [0.2, 0.25) is 0 Å². The van der Waals surface area contributed by atoms with Gasteiger partial charge in [0.2, 0.25) is 0 Å². The van der Waals surface area contributed by atoms with Crippen LogP contribution < -0.4 is 4.31 Å². The maximum Gasteiger partial charge on any atom is 0.326 e. The topological polar surface area (TPSA) is 63.7 Å². The first-order chi connectivity index (χ1) is 11.4. The molecule has 0 aliphatic heterocycles. The van der Waals surface area contributed by atoms with Crippen LogP contribution in [0.15, 0.2) is 62.8 Å². The molecule has 128 valence electrons. The molecule has 0 bridgehead atoms. The molecular formula is C16H16BrNO4S2. The fraction of sp³-hybridized carbons (Fsp3) is 0.188. The molecule has 0 aromatic heterocycles. The molecule has 0 amide bonds. The fourth-order valence-corrected chi connectivity index (χ4v) is 4.06. The number of benzene rings is 2. The average molecular weight is 430 g/mol. The Bertz CT molecular complexity index is 805. The first kappa shape index (κ1) is 18.8. The quantitative estimate of drug-likeness (QED) is 0.518. The SMILES string of the molecule is COC(=O)CN(c1ccc(Br)cc1)S(=O)(=O)c1ccc(SC)cc1. The minimum Gasteiger partial charge on any atom is -0.468 e. The van der Waals surface area contributed by atoms with E-state index in [4.69, 9.17) is 0 Å². The smallest absolute Gasteiger partial charge is 0.326 e. The van der Waals surface area contributed by atoms with Gasteiger partial charge in [-0.25, -0.2) is 8.42 Å². The molecule has 0 heterocycles. The van der Waals surface area contributed by atoms with Crippen LogP contribution in [0.3, 0.4) is 0 Å². The third-order valence-electron chi connectivity index (χ3n) is 3.26. The zero-order valence-electron chi connectivity index (χ0n) is 13.1. The van der Waals surface area contributed by atoms with E-state index in [2.05, 4.69) is 20.7 Å². The number of hydrogen-bond donors (Lipinski definition) is 0. The van der Waals surface area contributed by atoms with Gasteiger partial charge in [0.15, 0.2) is 0 Å². The molecule has 0 atom stereocenters. The summed E-state index contributed by atoms with van der Waals surface area (Å²) in [6.45, 7) is -0.398. The lowest BCUT2D eigenvalue weighted by molar-refractivity contribution is -0.138. The van der Waals surface area contributed by atoms with E-state index in [-0.39, 0.29) is 4.90 Å². The number of methoxy groups -OCH3 is 1. The van der Waals surface area contributed by atoms with Crippen LogP contribution in [0, 0.1) is 0 Å². The molecule has 0 fully saturated rings. The molecule has 2 aromatic rings. The van der Waals surface area contributed by atoms with Gasteiger partial charge in [-0.1, -0.05) is 15.9 Å². The Morgan fingerprint density at radius 1 is 1.12 bits per heavy atom. The number of carbonyl (C=O) groups is 1. The maximum absolute atomic E-state index is 13.0. The van der Waals surface area contributed by atoms with Crippen LogP contribution in [0.25, 0.3) is 0 Å². The van der Waals surface area contributed by atoms with E-state index in [0.29, 0.717) is 5.69 Å². The van der Waals surface area contributed by atoms with Crippen molar-refractivity contribution in [3.8, 4) is 0 Å². The maximum atomic E-state index is 13.0. The standard InChI is InChI=1S/C16H16BrNO4S2/c1-22-16(19)11-18(13-5-3-12(17)4-6-13)24(20,21)15-9-7-14(23-2)8-10-15/h3-10H,11H2,1-2H3. The van der Waals surface area contributed by atoms with E-state index in [1.807, 2.05) is 6.26 Å². The number of anilines is 1. The van der Waals surface area contributed by atoms with Crippen LogP contribution in [0.1, 0.15) is 0 Å². The summed E-state index contributed by atoms with van der Waals surface area (Å²) in [6.07, 6.45) is 1.91. The summed E-state index contributed by atoms with van der Waals surface area (Å²) < 4.78 is 32.4. The Kier molecular flexibility index (Phi) is 6.31. The number of thioether (sulfide) groups is 1. The lowest BCUT2D eigenvalue weighted by Crippen LogP contribution is -2.36. The Hall–Kier alpha value is -1.51. The Labute approximate surface area is 154 Å². The van der Waals surface area contributed by atoms with Crippen molar-refractivity contribution in [2.24, 2.45) is 0 Å². The van der Waals surface area contributed by atoms with Crippen LogP contribution >= 0.6 is 27.7 Å². The highest BCUT2D eigenvalue weighted by molar-refractivity contribution is 9.10. The van der Waals surface area contributed by atoms with Gasteiger partial charge in [0.05, 0.1) is 17.7 Å². The molecule has 0 unspecified atom stereocenters. The summed E-state index contributed by atoms with van der Waals surface area (Å²) in [5.74, 6) is -0.637. The van der Waals surface area contributed by atoms with Crippen molar-refractivity contribution in [1.29, 1.82) is 0 Å². The number of carbonyl (C=O) groups excluding carboxylic acids is 1. The average Bonchev–Trinajstić information content (AvgIpc) is 2.60. The second-order valence-electron chi connectivity index (χ2n) is 4.74. The minimum atomic E-state index is -3.89. The van der Waals surface area contributed by atoms with Gasteiger partial charge in [-0.2, -0.15) is 0 Å². The van der Waals surface area contributed by atoms with Crippen molar-refractivity contribution in [1.82, 2.24) is 0 Å². The number of esters is 1. The Morgan fingerprint density at radius 3 is 2.21 bits per heavy atom. The summed E-state index contributed by atoms with van der Waals surface area (Å²) >= 11 is 4.83. The van der Waals surface area contributed by atoms with Crippen LogP contribution in [0.4, 0.5) is 5.69 Å². The van der Waals surface area contributed by atoms with Gasteiger partial charge >= 0.3 is 5.97 Å². The number of rotatable bonds is 6. The molecule has 0 aliphatic carbocycles. The van der Waals surface area contributed by atoms with E-state index in [1.54, 1.807) is 36.4 Å².